The van der Waals surface area contributed by atoms with E-state index in [2.05, 4.69) is 5.32 Å². The van der Waals surface area contributed by atoms with E-state index in [1.807, 2.05) is 30.3 Å². The Labute approximate surface area is 116 Å². The number of benzene rings is 2. The number of hydrogen-bond acceptors (Lipinski definition) is 3. The maximum Gasteiger partial charge on any atom is 0.248 e. The van der Waals surface area contributed by atoms with Crippen molar-refractivity contribution in [3.63, 3.8) is 0 Å². The topological polar surface area (TPSA) is 69.2 Å². The maximum absolute atomic E-state index is 11.7. The van der Waals surface area contributed by atoms with E-state index in [9.17, 15) is 14.7 Å². The molecule has 0 fully saturated rings. The van der Waals surface area contributed by atoms with Gasteiger partial charge >= 0.3 is 0 Å². The summed E-state index contributed by atoms with van der Waals surface area (Å²) < 4.78 is 0. The normalized spacial score (nSPS) is 10.4. The molecule has 0 heterocycles. The molecule has 20 heavy (non-hydrogen) atoms. The van der Waals surface area contributed by atoms with Crippen LogP contribution in [0.15, 0.2) is 60.7 Å². The van der Waals surface area contributed by atoms with E-state index < -0.39 is 5.97 Å². The minimum atomic E-state index is -1.24. The van der Waals surface area contributed by atoms with Gasteiger partial charge < -0.3 is 15.2 Å². The lowest BCUT2D eigenvalue weighted by Crippen LogP contribution is -2.22. The van der Waals surface area contributed by atoms with Crippen molar-refractivity contribution in [3.05, 3.63) is 71.8 Å². The Bertz CT molecular complexity index is 631. The third kappa shape index (κ3) is 3.81. The van der Waals surface area contributed by atoms with Crippen molar-refractivity contribution in [2.24, 2.45) is 0 Å². The fourth-order valence-electron chi connectivity index (χ4n) is 1.61. The smallest absolute Gasteiger partial charge is 0.248 e. The first-order valence-corrected chi connectivity index (χ1v) is 6.01. The molecule has 2 aromatic carbocycles. The van der Waals surface area contributed by atoms with Gasteiger partial charge in [0, 0.05) is 11.8 Å². The van der Waals surface area contributed by atoms with Crippen LogP contribution in [-0.4, -0.2) is 11.9 Å². The molecule has 2 rings (SSSR count). The van der Waals surface area contributed by atoms with Gasteiger partial charge in [0.15, 0.2) is 0 Å². The van der Waals surface area contributed by atoms with E-state index >= 15 is 0 Å². The van der Waals surface area contributed by atoms with Gasteiger partial charge in [0.1, 0.15) is 0 Å². The van der Waals surface area contributed by atoms with Crippen LogP contribution >= 0.6 is 0 Å². The van der Waals surface area contributed by atoms with E-state index in [1.54, 1.807) is 6.08 Å². The second-order valence-corrected chi connectivity index (χ2v) is 4.10. The highest BCUT2D eigenvalue weighted by molar-refractivity contribution is 6.02. The molecule has 1 amide bonds. The summed E-state index contributed by atoms with van der Waals surface area (Å²) >= 11 is 0. The molecule has 0 saturated heterocycles. The molecule has 100 valence electrons. The monoisotopic (exact) mass is 266 g/mol. The van der Waals surface area contributed by atoms with Crippen molar-refractivity contribution >= 4 is 23.6 Å². The summed E-state index contributed by atoms with van der Waals surface area (Å²) in [6.45, 7) is 0. The van der Waals surface area contributed by atoms with Crippen molar-refractivity contribution in [2.75, 3.05) is 5.32 Å². The molecule has 0 aliphatic carbocycles. The number of hydrogen-bond donors (Lipinski definition) is 1. The maximum atomic E-state index is 11.7. The predicted octanol–water partition coefficient (Wildman–Crippen LogP) is 1.70. The standard InChI is InChI=1S/C16H13NO3/c18-15(11-6-12-4-2-1-3-5-12)17-14-9-7-13(8-10-14)16(19)20/h1-11H,(H,17,18)(H,19,20)/p-1. The number of carboxylic acids is 1. The minimum Gasteiger partial charge on any atom is -0.545 e. The van der Waals surface area contributed by atoms with Crippen molar-refractivity contribution in [1.82, 2.24) is 0 Å². The molecular weight excluding hydrogens is 254 g/mol. The summed E-state index contributed by atoms with van der Waals surface area (Å²) in [6.07, 6.45) is 3.12. The average Bonchev–Trinajstić information content (AvgIpc) is 2.47. The average molecular weight is 266 g/mol. The van der Waals surface area contributed by atoms with Crippen LogP contribution in [0.4, 0.5) is 5.69 Å². The van der Waals surface area contributed by atoms with Gasteiger partial charge in [0.2, 0.25) is 5.91 Å². The lowest BCUT2D eigenvalue weighted by molar-refractivity contribution is -0.255. The molecule has 1 N–H and O–H groups in total. The van der Waals surface area contributed by atoms with Gasteiger partial charge in [0.05, 0.1) is 5.97 Å². The van der Waals surface area contributed by atoms with Crippen LogP contribution in [0.2, 0.25) is 0 Å². The molecular formula is C16H12NO3-. The van der Waals surface area contributed by atoms with E-state index in [0.717, 1.165) is 5.56 Å². The van der Waals surface area contributed by atoms with Crippen molar-refractivity contribution in [3.8, 4) is 0 Å². The van der Waals surface area contributed by atoms with Gasteiger partial charge in [-0.25, -0.2) is 0 Å². The fraction of sp³-hybridized carbons (Fsp3) is 0. The fourth-order valence-corrected chi connectivity index (χ4v) is 1.61. The third-order valence-corrected chi connectivity index (χ3v) is 2.61. The Hall–Kier alpha value is -2.88. The first kappa shape index (κ1) is 13.5. The van der Waals surface area contributed by atoms with Crippen molar-refractivity contribution in [1.29, 1.82) is 0 Å². The molecule has 0 aliphatic heterocycles. The van der Waals surface area contributed by atoms with Crippen LogP contribution in [0.1, 0.15) is 15.9 Å². The second-order valence-electron chi connectivity index (χ2n) is 4.10. The van der Waals surface area contributed by atoms with Gasteiger partial charge in [0.25, 0.3) is 0 Å². The molecule has 0 unspecified atom stereocenters. The zero-order valence-corrected chi connectivity index (χ0v) is 10.6. The number of carbonyl (C=O) groups excluding carboxylic acids is 2. The number of nitrogens with one attached hydrogen (secondary N) is 1. The SMILES string of the molecule is O=C(C=Cc1ccccc1)Nc1ccc(C(=O)[O-])cc1. The number of carbonyl (C=O) groups is 2. The molecule has 4 heteroatoms. The molecule has 0 saturated carbocycles. The van der Waals surface area contributed by atoms with Gasteiger partial charge in [-0.2, -0.15) is 0 Å². The minimum absolute atomic E-state index is 0.0721. The Kier molecular flexibility index (Phi) is 4.29. The van der Waals surface area contributed by atoms with Gasteiger partial charge in [-0.15, -0.1) is 0 Å². The van der Waals surface area contributed by atoms with E-state index in [4.69, 9.17) is 0 Å². The number of amides is 1. The van der Waals surface area contributed by atoms with E-state index in [-0.39, 0.29) is 11.5 Å². The van der Waals surface area contributed by atoms with Crippen molar-refractivity contribution < 1.29 is 14.7 Å². The zero-order valence-electron chi connectivity index (χ0n) is 10.6. The number of aromatic carboxylic acids is 1. The summed E-state index contributed by atoms with van der Waals surface area (Å²) in [4.78, 5) is 22.3. The van der Waals surface area contributed by atoms with E-state index in [1.165, 1.54) is 30.3 Å². The Morgan fingerprint density at radius 1 is 0.950 bits per heavy atom. The highest BCUT2D eigenvalue weighted by Crippen LogP contribution is 2.09. The summed E-state index contributed by atoms with van der Waals surface area (Å²) in [5, 5.41) is 13.2. The molecule has 0 spiro atoms. The van der Waals surface area contributed by atoms with Crippen LogP contribution in [0, 0.1) is 0 Å². The third-order valence-electron chi connectivity index (χ3n) is 2.61. The highest BCUT2D eigenvalue weighted by atomic mass is 16.4. The molecule has 2 aromatic rings. The first-order valence-electron chi connectivity index (χ1n) is 6.01. The zero-order chi connectivity index (χ0) is 14.4. The molecule has 0 radical (unpaired) electrons. The number of carboxylic acid groups (broad SMARTS) is 1. The molecule has 4 nitrogen and oxygen atoms in total. The van der Waals surface area contributed by atoms with Crippen LogP contribution in [-0.2, 0) is 4.79 Å². The Balaban J connectivity index is 1.98. The van der Waals surface area contributed by atoms with Gasteiger partial charge in [-0.1, -0.05) is 42.5 Å². The van der Waals surface area contributed by atoms with Crippen molar-refractivity contribution in [2.45, 2.75) is 0 Å². The van der Waals surface area contributed by atoms with E-state index in [0.29, 0.717) is 5.69 Å². The first-order chi connectivity index (χ1) is 9.65. The lowest BCUT2D eigenvalue weighted by atomic mass is 10.2. The summed E-state index contributed by atoms with van der Waals surface area (Å²) in [5.41, 5.74) is 1.52. The Morgan fingerprint density at radius 3 is 2.20 bits per heavy atom. The summed E-state index contributed by atoms with van der Waals surface area (Å²) in [7, 11) is 0. The van der Waals surface area contributed by atoms with Crippen LogP contribution in [0.5, 0.6) is 0 Å². The summed E-state index contributed by atoms with van der Waals surface area (Å²) in [5.74, 6) is -1.53. The van der Waals surface area contributed by atoms with Crippen LogP contribution in [0.3, 0.4) is 0 Å². The Morgan fingerprint density at radius 2 is 1.60 bits per heavy atom. The second kappa shape index (κ2) is 6.33. The molecule has 0 aromatic heterocycles. The van der Waals surface area contributed by atoms with Gasteiger partial charge in [-0.3, -0.25) is 4.79 Å². The number of anilines is 1. The molecule has 0 bridgehead atoms. The highest BCUT2D eigenvalue weighted by Gasteiger charge is 1.98. The van der Waals surface area contributed by atoms with Gasteiger partial charge in [-0.05, 0) is 29.3 Å². The van der Waals surface area contributed by atoms with Crippen LogP contribution < -0.4 is 10.4 Å². The molecule has 0 aliphatic rings. The molecule has 0 atom stereocenters. The summed E-state index contributed by atoms with van der Waals surface area (Å²) in [6, 6.07) is 15.2. The van der Waals surface area contributed by atoms with Crippen LogP contribution in [0.25, 0.3) is 6.08 Å². The number of rotatable bonds is 4. The predicted molar refractivity (Wildman–Crippen MR) is 74.9 cm³/mol. The quantitative estimate of drug-likeness (QED) is 0.856. The lowest BCUT2D eigenvalue weighted by Gasteiger charge is -2.05. The largest absolute Gasteiger partial charge is 0.545 e.